The van der Waals surface area contributed by atoms with Crippen LogP contribution >= 0.6 is 11.6 Å². The lowest BCUT2D eigenvalue weighted by Gasteiger charge is -2.34. The second kappa shape index (κ2) is 9.18. The molecule has 0 aromatic carbocycles. The standard InChI is InChI=1S/C21H29ClN4O5/c1-21(2,3)31-20(27)25-7-9-28-14(12-25)13-30-16-10-17(22)24-19-15(16)11-23-26(19)18-6-4-5-8-29-18/h10-11,14,18H,4-9,12-13H2,1-3H3. The van der Waals surface area contributed by atoms with Crippen LogP contribution in [0.25, 0.3) is 11.0 Å². The van der Waals surface area contributed by atoms with Gasteiger partial charge in [0.25, 0.3) is 0 Å². The van der Waals surface area contributed by atoms with E-state index in [9.17, 15) is 4.79 Å². The van der Waals surface area contributed by atoms with Crippen LogP contribution in [0.15, 0.2) is 12.3 Å². The quantitative estimate of drug-likeness (QED) is 0.652. The van der Waals surface area contributed by atoms with Crippen molar-refractivity contribution in [3.8, 4) is 5.75 Å². The third kappa shape index (κ3) is 5.39. The minimum atomic E-state index is -0.539. The predicted molar refractivity (Wildman–Crippen MR) is 114 cm³/mol. The van der Waals surface area contributed by atoms with Crippen molar-refractivity contribution >= 4 is 28.7 Å². The number of carbonyl (C=O) groups is 1. The molecule has 0 aliphatic carbocycles. The molecule has 2 aromatic heterocycles. The van der Waals surface area contributed by atoms with Crippen LogP contribution in [-0.4, -0.2) is 70.4 Å². The van der Waals surface area contributed by atoms with Gasteiger partial charge in [-0.15, -0.1) is 0 Å². The molecule has 2 fully saturated rings. The molecule has 2 unspecified atom stereocenters. The Kier molecular flexibility index (Phi) is 6.55. The zero-order valence-electron chi connectivity index (χ0n) is 18.2. The second-order valence-electron chi connectivity index (χ2n) is 8.82. The summed E-state index contributed by atoms with van der Waals surface area (Å²) in [5.41, 5.74) is 0.0949. The fourth-order valence-corrected chi connectivity index (χ4v) is 3.88. The van der Waals surface area contributed by atoms with Crippen molar-refractivity contribution in [1.82, 2.24) is 19.7 Å². The average Bonchev–Trinajstić information content (AvgIpc) is 3.15. The van der Waals surface area contributed by atoms with Gasteiger partial charge in [0, 0.05) is 19.2 Å². The summed E-state index contributed by atoms with van der Waals surface area (Å²) in [6, 6.07) is 1.67. The topological polar surface area (TPSA) is 87.9 Å². The lowest BCUT2D eigenvalue weighted by Crippen LogP contribution is -2.49. The minimum Gasteiger partial charge on any atom is -0.490 e. The SMILES string of the molecule is CC(C)(C)OC(=O)N1CCOC(COc2cc(Cl)nc3c2cnn3C2CCCCO2)C1. The Morgan fingerprint density at radius 1 is 1.29 bits per heavy atom. The molecule has 0 N–H and O–H groups in total. The maximum Gasteiger partial charge on any atom is 0.410 e. The summed E-state index contributed by atoms with van der Waals surface area (Å²) in [7, 11) is 0. The van der Waals surface area contributed by atoms with Crippen LogP contribution in [-0.2, 0) is 14.2 Å². The summed E-state index contributed by atoms with van der Waals surface area (Å²) in [6.07, 6.45) is 3.99. The van der Waals surface area contributed by atoms with E-state index in [1.165, 1.54) is 0 Å². The summed E-state index contributed by atoms with van der Waals surface area (Å²) in [5, 5.41) is 5.56. The van der Waals surface area contributed by atoms with Gasteiger partial charge in [-0.3, -0.25) is 0 Å². The van der Waals surface area contributed by atoms with Gasteiger partial charge in [0.15, 0.2) is 11.9 Å². The van der Waals surface area contributed by atoms with E-state index in [2.05, 4.69) is 10.1 Å². The highest BCUT2D eigenvalue weighted by Crippen LogP contribution is 2.31. The van der Waals surface area contributed by atoms with E-state index in [1.54, 1.807) is 21.8 Å². The maximum atomic E-state index is 12.4. The van der Waals surface area contributed by atoms with Crippen LogP contribution in [0.2, 0.25) is 5.15 Å². The molecule has 2 saturated heterocycles. The highest BCUT2D eigenvalue weighted by atomic mass is 35.5. The van der Waals surface area contributed by atoms with Crippen LogP contribution in [0.3, 0.4) is 0 Å². The first-order chi connectivity index (χ1) is 14.8. The molecule has 4 heterocycles. The molecule has 2 atom stereocenters. The Balaban J connectivity index is 1.44. The molecule has 1 amide bonds. The lowest BCUT2D eigenvalue weighted by molar-refractivity contribution is -0.0555. The Morgan fingerprint density at radius 3 is 2.87 bits per heavy atom. The van der Waals surface area contributed by atoms with E-state index in [4.69, 9.17) is 30.5 Å². The molecule has 0 bridgehead atoms. The van der Waals surface area contributed by atoms with Gasteiger partial charge in [-0.1, -0.05) is 11.6 Å². The third-order valence-electron chi connectivity index (χ3n) is 5.14. The molecular weight excluding hydrogens is 424 g/mol. The van der Waals surface area contributed by atoms with Gasteiger partial charge in [-0.25, -0.2) is 14.5 Å². The number of aromatic nitrogens is 3. The molecule has 10 heteroatoms. The molecule has 0 spiro atoms. The zero-order valence-corrected chi connectivity index (χ0v) is 18.9. The number of amides is 1. The van der Waals surface area contributed by atoms with Crippen LogP contribution in [0, 0.1) is 0 Å². The number of hydrogen-bond acceptors (Lipinski definition) is 7. The predicted octanol–water partition coefficient (Wildman–Crippen LogP) is 3.80. The molecule has 9 nitrogen and oxygen atoms in total. The largest absolute Gasteiger partial charge is 0.490 e. The van der Waals surface area contributed by atoms with Gasteiger partial charge in [-0.2, -0.15) is 5.10 Å². The van der Waals surface area contributed by atoms with Gasteiger partial charge in [-0.05, 0) is 40.0 Å². The number of fused-ring (bicyclic) bond motifs is 1. The first-order valence-electron chi connectivity index (χ1n) is 10.7. The first kappa shape index (κ1) is 22.1. The molecule has 2 aromatic rings. The minimum absolute atomic E-state index is 0.144. The van der Waals surface area contributed by atoms with Crippen molar-refractivity contribution < 1.29 is 23.7 Å². The maximum absolute atomic E-state index is 12.4. The molecule has 2 aliphatic rings. The summed E-state index contributed by atoms with van der Waals surface area (Å²) < 4.78 is 24.9. The van der Waals surface area contributed by atoms with Gasteiger partial charge >= 0.3 is 6.09 Å². The van der Waals surface area contributed by atoms with Crippen LogP contribution in [0.1, 0.15) is 46.3 Å². The van der Waals surface area contributed by atoms with Crippen LogP contribution in [0.5, 0.6) is 5.75 Å². The van der Waals surface area contributed by atoms with Crippen molar-refractivity contribution in [2.45, 2.75) is 58.0 Å². The van der Waals surface area contributed by atoms with Gasteiger partial charge < -0.3 is 23.8 Å². The lowest BCUT2D eigenvalue weighted by atomic mass is 10.2. The van der Waals surface area contributed by atoms with Gasteiger partial charge in [0.2, 0.25) is 0 Å². The number of halogens is 1. The molecule has 2 aliphatic heterocycles. The van der Waals surface area contributed by atoms with E-state index in [1.807, 2.05) is 20.8 Å². The van der Waals surface area contributed by atoms with Crippen molar-refractivity contribution in [3.63, 3.8) is 0 Å². The van der Waals surface area contributed by atoms with E-state index in [-0.39, 0.29) is 25.0 Å². The number of carbonyl (C=O) groups excluding carboxylic acids is 1. The molecule has 4 rings (SSSR count). The Morgan fingerprint density at radius 2 is 2.13 bits per heavy atom. The second-order valence-corrected chi connectivity index (χ2v) is 9.21. The smallest absolute Gasteiger partial charge is 0.410 e. The van der Waals surface area contributed by atoms with Crippen molar-refractivity contribution in [3.05, 3.63) is 17.4 Å². The van der Waals surface area contributed by atoms with E-state index >= 15 is 0 Å². The van der Waals surface area contributed by atoms with E-state index in [0.29, 0.717) is 42.9 Å². The fourth-order valence-electron chi connectivity index (χ4n) is 3.70. The van der Waals surface area contributed by atoms with Gasteiger partial charge in [0.05, 0.1) is 24.7 Å². The number of ether oxygens (including phenoxy) is 4. The fraction of sp³-hybridized carbons (Fsp3) is 0.667. The molecule has 170 valence electrons. The number of rotatable bonds is 4. The summed E-state index contributed by atoms with van der Waals surface area (Å²) >= 11 is 6.27. The molecule has 0 saturated carbocycles. The third-order valence-corrected chi connectivity index (χ3v) is 5.33. The van der Waals surface area contributed by atoms with E-state index in [0.717, 1.165) is 24.6 Å². The van der Waals surface area contributed by atoms with Crippen LogP contribution < -0.4 is 4.74 Å². The Hall–Kier alpha value is -2.10. The highest BCUT2D eigenvalue weighted by molar-refractivity contribution is 6.30. The first-order valence-corrected chi connectivity index (χ1v) is 11.1. The number of pyridine rings is 1. The number of nitrogens with zero attached hydrogens (tertiary/aromatic N) is 4. The van der Waals surface area contributed by atoms with Gasteiger partial charge in [0.1, 0.15) is 29.2 Å². The zero-order chi connectivity index (χ0) is 22.0. The monoisotopic (exact) mass is 452 g/mol. The summed E-state index contributed by atoms with van der Waals surface area (Å²) in [6.45, 7) is 7.84. The number of hydrogen-bond donors (Lipinski definition) is 0. The molecular formula is C21H29ClN4O5. The number of morpholine rings is 1. The normalized spacial score (nSPS) is 22.5. The van der Waals surface area contributed by atoms with Crippen molar-refractivity contribution in [2.24, 2.45) is 0 Å². The van der Waals surface area contributed by atoms with Crippen molar-refractivity contribution in [2.75, 3.05) is 32.9 Å². The average molecular weight is 453 g/mol. The summed E-state index contributed by atoms with van der Waals surface area (Å²) in [5.74, 6) is 0.579. The van der Waals surface area contributed by atoms with Crippen molar-refractivity contribution in [1.29, 1.82) is 0 Å². The summed E-state index contributed by atoms with van der Waals surface area (Å²) in [4.78, 5) is 18.5. The van der Waals surface area contributed by atoms with E-state index < -0.39 is 5.60 Å². The molecule has 31 heavy (non-hydrogen) atoms. The molecule has 0 radical (unpaired) electrons. The van der Waals surface area contributed by atoms with Crippen LogP contribution in [0.4, 0.5) is 4.79 Å². The highest BCUT2D eigenvalue weighted by Gasteiger charge is 2.29. The Bertz CT molecular complexity index is 922. The Labute approximate surface area is 186 Å².